The van der Waals surface area contributed by atoms with Gasteiger partial charge in [-0.05, 0) is 42.1 Å². The van der Waals surface area contributed by atoms with Crippen LogP contribution >= 0.6 is 11.3 Å². The molecule has 0 spiro atoms. The van der Waals surface area contributed by atoms with Crippen LogP contribution in [0.2, 0.25) is 0 Å². The number of fused-ring (bicyclic) bond motifs is 1. The molecule has 0 unspecified atom stereocenters. The Kier molecular flexibility index (Phi) is 3.27. The summed E-state index contributed by atoms with van der Waals surface area (Å²) in [5, 5.41) is 10.00. The van der Waals surface area contributed by atoms with E-state index in [9.17, 15) is 0 Å². The Bertz CT molecular complexity index is 526. The van der Waals surface area contributed by atoms with Crippen LogP contribution in [0.3, 0.4) is 0 Å². The molecule has 1 N–H and O–H groups in total. The lowest BCUT2D eigenvalue weighted by molar-refractivity contribution is 0.343. The quantitative estimate of drug-likeness (QED) is 0.883. The van der Waals surface area contributed by atoms with Crippen molar-refractivity contribution in [2.75, 3.05) is 13.7 Å². The first kappa shape index (κ1) is 11.2. The lowest BCUT2D eigenvalue weighted by atomic mass is 10.1. The fourth-order valence-corrected chi connectivity index (χ4v) is 2.79. The van der Waals surface area contributed by atoms with Gasteiger partial charge in [0.1, 0.15) is 5.75 Å². The molecule has 3 heteroatoms. The van der Waals surface area contributed by atoms with E-state index in [0.29, 0.717) is 0 Å². The summed E-state index contributed by atoms with van der Waals surface area (Å²) in [6.07, 6.45) is 3.72. The van der Waals surface area contributed by atoms with Crippen LogP contribution in [0.5, 0.6) is 5.75 Å². The minimum absolute atomic E-state index is 0.0804. The van der Waals surface area contributed by atoms with Gasteiger partial charge in [-0.2, -0.15) is 0 Å². The minimum Gasteiger partial charge on any atom is -0.497 e. The van der Waals surface area contributed by atoms with Crippen LogP contribution in [0.1, 0.15) is 10.4 Å². The summed E-state index contributed by atoms with van der Waals surface area (Å²) in [7, 11) is 1.68. The van der Waals surface area contributed by atoms with Gasteiger partial charge in [0.15, 0.2) is 0 Å². The summed E-state index contributed by atoms with van der Waals surface area (Å²) in [6, 6.07) is 6.09. The lowest BCUT2D eigenvalue weighted by Crippen LogP contribution is -1.81. The molecule has 0 aliphatic heterocycles. The molecule has 0 fully saturated rings. The van der Waals surface area contributed by atoms with E-state index in [1.807, 2.05) is 12.1 Å². The Morgan fingerprint density at radius 3 is 2.94 bits per heavy atom. The Morgan fingerprint density at radius 2 is 2.25 bits per heavy atom. The Morgan fingerprint density at radius 1 is 1.44 bits per heavy atom. The van der Waals surface area contributed by atoms with Gasteiger partial charge in [0.25, 0.3) is 0 Å². The van der Waals surface area contributed by atoms with Crippen molar-refractivity contribution < 1.29 is 9.84 Å². The first-order chi connectivity index (χ1) is 7.76. The molecule has 2 nitrogen and oxygen atoms in total. The van der Waals surface area contributed by atoms with E-state index in [1.165, 1.54) is 20.5 Å². The highest BCUT2D eigenvalue weighted by Crippen LogP contribution is 2.33. The number of benzene rings is 1. The van der Waals surface area contributed by atoms with E-state index in [2.05, 4.69) is 19.1 Å². The monoisotopic (exact) mass is 234 g/mol. The van der Waals surface area contributed by atoms with E-state index in [-0.39, 0.29) is 6.61 Å². The predicted octanol–water partition coefficient (Wildman–Crippen LogP) is 3.22. The second-order valence-corrected chi connectivity index (χ2v) is 4.62. The molecule has 2 aromatic rings. The minimum atomic E-state index is 0.0804. The fourth-order valence-electron chi connectivity index (χ4n) is 1.66. The Labute approximate surface area is 98.8 Å². The fraction of sp³-hybridized carbons (Fsp3) is 0.231. The molecule has 84 valence electrons. The highest BCUT2D eigenvalue weighted by molar-refractivity contribution is 7.20. The third-order valence-corrected chi connectivity index (χ3v) is 3.79. The zero-order valence-electron chi connectivity index (χ0n) is 9.36. The summed E-state index contributed by atoms with van der Waals surface area (Å²) in [5.74, 6) is 0.881. The number of rotatable bonds is 3. The van der Waals surface area contributed by atoms with Gasteiger partial charge >= 0.3 is 0 Å². The zero-order valence-corrected chi connectivity index (χ0v) is 10.2. The van der Waals surface area contributed by atoms with Crippen molar-refractivity contribution in [3.63, 3.8) is 0 Å². The maximum absolute atomic E-state index is 8.77. The van der Waals surface area contributed by atoms with Gasteiger partial charge in [-0.25, -0.2) is 0 Å². The molecule has 0 saturated heterocycles. The average molecular weight is 234 g/mol. The smallest absolute Gasteiger partial charge is 0.119 e. The van der Waals surface area contributed by atoms with Crippen LogP contribution in [0.15, 0.2) is 24.3 Å². The van der Waals surface area contributed by atoms with E-state index < -0.39 is 0 Å². The number of aliphatic hydroxyl groups is 1. The maximum atomic E-state index is 8.77. The van der Waals surface area contributed by atoms with Gasteiger partial charge in [0.05, 0.1) is 13.7 Å². The Hall–Kier alpha value is -1.32. The molecular weight excluding hydrogens is 220 g/mol. The molecular formula is C13H14O2S. The lowest BCUT2D eigenvalue weighted by Gasteiger charge is -1.99. The molecule has 0 atom stereocenters. The second kappa shape index (κ2) is 4.68. The Balaban J connectivity index is 2.55. The second-order valence-electron chi connectivity index (χ2n) is 3.54. The molecule has 0 aliphatic carbocycles. The van der Waals surface area contributed by atoms with Crippen LogP contribution in [0.4, 0.5) is 0 Å². The molecule has 16 heavy (non-hydrogen) atoms. The first-order valence-corrected chi connectivity index (χ1v) is 5.92. The molecule has 0 aliphatic rings. The van der Waals surface area contributed by atoms with Crippen molar-refractivity contribution in [1.82, 2.24) is 0 Å². The molecule has 1 aromatic heterocycles. The zero-order chi connectivity index (χ0) is 11.5. The maximum Gasteiger partial charge on any atom is 0.119 e. The van der Waals surface area contributed by atoms with Crippen molar-refractivity contribution in [3.05, 3.63) is 34.7 Å². The number of hydrogen-bond donors (Lipinski definition) is 1. The summed E-state index contributed by atoms with van der Waals surface area (Å²) < 4.78 is 6.46. The number of methoxy groups -OCH3 is 1. The van der Waals surface area contributed by atoms with E-state index in [1.54, 1.807) is 24.5 Å². The highest BCUT2D eigenvalue weighted by atomic mass is 32.1. The van der Waals surface area contributed by atoms with Crippen molar-refractivity contribution in [1.29, 1.82) is 0 Å². The van der Waals surface area contributed by atoms with Gasteiger partial charge in [-0.1, -0.05) is 6.08 Å². The molecule has 0 radical (unpaired) electrons. The van der Waals surface area contributed by atoms with Crippen LogP contribution in [0.25, 0.3) is 16.2 Å². The summed E-state index contributed by atoms with van der Waals surface area (Å²) in [6.45, 7) is 2.17. The normalized spacial score (nSPS) is 11.4. The SMILES string of the molecule is COc1ccc2sc(C=CCO)c(C)c2c1. The largest absolute Gasteiger partial charge is 0.497 e. The van der Waals surface area contributed by atoms with Crippen LogP contribution in [-0.4, -0.2) is 18.8 Å². The number of hydrogen-bond acceptors (Lipinski definition) is 3. The molecule has 0 bridgehead atoms. The number of aryl methyl sites for hydroxylation is 1. The van der Waals surface area contributed by atoms with Crippen LogP contribution in [-0.2, 0) is 0 Å². The summed E-state index contributed by atoms with van der Waals surface area (Å²) in [5.41, 5.74) is 1.24. The number of aliphatic hydroxyl groups excluding tert-OH is 1. The van der Waals surface area contributed by atoms with Crippen molar-refractivity contribution in [3.8, 4) is 5.75 Å². The summed E-state index contributed by atoms with van der Waals surface area (Å²) in [4.78, 5) is 1.19. The van der Waals surface area contributed by atoms with Crippen molar-refractivity contribution in [2.45, 2.75) is 6.92 Å². The first-order valence-electron chi connectivity index (χ1n) is 5.11. The average Bonchev–Trinajstić information content (AvgIpc) is 2.63. The number of thiophene rings is 1. The van der Waals surface area contributed by atoms with E-state index in [0.717, 1.165) is 5.75 Å². The third kappa shape index (κ3) is 1.96. The topological polar surface area (TPSA) is 29.5 Å². The third-order valence-electron chi connectivity index (χ3n) is 2.55. The molecule has 0 amide bonds. The highest BCUT2D eigenvalue weighted by Gasteiger charge is 2.06. The van der Waals surface area contributed by atoms with Gasteiger partial charge in [0, 0.05) is 9.58 Å². The van der Waals surface area contributed by atoms with Crippen molar-refractivity contribution in [2.24, 2.45) is 0 Å². The standard InChI is InChI=1S/C13H14O2S/c1-9-11-8-10(15-2)5-6-13(11)16-12(9)4-3-7-14/h3-6,8,14H,7H2,1-2H3. The predicted molar refractivity (Wildman–Crippen MR) is 69.2 cm³/mol. The van der Waals surface area contributed by atoms with Crippen LogP contribution < -0.4 is 4.74 Å². The summed E-state index contributed by atoms with van der Waals surface area (Å²) >= 11 is 1.73. The number of ether oxygens (including phenoxy) is 1. The van der Waals surface area contributed by atoms with Crippen molar-refractivity contribution >= 4 is 27.5 Å². The van der Waals surface area contributed by atoms with E-state index >= 15 is 0 Å². The molecule has 1 heterocycles. The van der Waals surface area contributed by atoms with Gasteiger partial charge in [0.2, 0.25) is 0 Å². The van der Waals surface area contributed by atoms with Crippen LogP contribution in [0, 0.1) is 6.92 Å². The van der Waals surface area contributed by atoms with E-state index in [4.69, 9.17) is 9.84 Å². The molecule has 1 aromatic carbocycles. The van der Waals surface area contributed by atoms with Gasteiger partial charge in [-0.3, -0.25) is 0 Å². The molecule has 0 saturated carbocycles. The van der Waals surface area contributed by atoms with Gasteiger partial charge < -0.3 is 9.84 Å². The van der Waals surface area contributed by atoms with Gasteiger partial charge in [-0.15, -0.1) is 11.3 Å². The molecule has 2 rings (SSSR count).